The summed E-state index contributed by atoms with van der Waals surface area (Å²) in [6.07, 6.45) is 1.97. The maximum Gasteiger partial charge on any atom is 0.136 e. The Hall–Kier alpha value is -5.64. The Balaban J connectivity index is 0.00000693. The van der Waals surface area contributed by atoms with E-state index in [9.17, 15) is 0 Å². The van der Waals surface area contributed by atoms with Gasteiger partial charge in [-0.05, 0) is 119 Å². The predicted molar refractivity (Wildman–Crippen MR) is 302 cm³/mol. The van der Waals surface area contributed by atoms with Gasteiger partial charge < -0.3 is 19.1 Å². The third-order valence-corrected chi connectivity index (χ3v) is 14.2. The minimum Gasteiger partial charge on any atom is -0.509 e. The molecule has 0 unspecified atom stereocenters. The van der Waals surface area contributed by atoms with Crippen LogP contribution in [-0.2, 0) is 53.6 Å². The van der Waals surface area contributed by atoms with Crippen LogP contribution in [0.5, 0.6) is 11.5 Å². The van der Waals surface area contributed by atoms with Crippen LogP contribution in [0.3, 0.4) is 0 Å². The van der Waals surface area contributed by atoms with Gasteiger partial charge in [0.25, 0.3) is 0 Å². The van der Waals surface area contributed by atoms with Crippen LogP contribution in [0.2, 0.25) is 0 Å². The molecule has 3 heterocycles. The van der Waals surface area contributed by atoms with Crippen LogP contribution in [0.1, 0.15) is 158 Å². The van der Waals surface area contributed by atoms with E-state index >= 15 is 0 Å². The van der Waals surface area contributed by atoms with Crippen LogP contribution in [0.4, 0.5) is 22.7 Å². The molecule has 6 heteroatoms. The van der Waals surface area contributed by atoms with Gasteiger partial charge in [0.05, 0.1) is 0 Å². The van der Waals surface area contributed by atoms with Gasteiger partial charge in [-0.25, -0.2) is 4.98 Å². The van der Waals surface area contributed by atoms with Crippen molar-refractivity contribution < 1.29 is 25.8 Å². The second-order valence-electron chi connectivity index (χ2n) is 26.1. The van der Waals surface area contributed by atoms with E-state index in [2.05, 4.69) is 267 Å². The maximum atomic E-state index is 6.95. The number of benzene rings is 6. The molecular formula is C66H75N4OPt-3. The van der Waals surface area contributed by atoms with Crippen molar-refractivity contribution in [1.29, 1.82) is 0 Å². The normalized spacial score (nSPS) is 13.8. The number of ether oxygens (including phenoxy) is 1. The molecule has 0 saturated carbocycles. The molecule has 0 radical (unpaired) electrons. The summed E-state index contributed by atoms with van der Waals surface area (Å²) >= 11 is 0. The Bertz CT molecular complexity index is 3270. The zero-order chi connectivity index (χ0) is 51.4. The molecule has 2 aromatic heterocycles. The first-order valence-electron chi connectivity index (χ1n) is 25.5. The van der Waals surface area contributed by atoms with E-state index in [0.717, 1.165) is 61.5 Å². The van der Waals surface area contributed by atoms with Gasteiger partial charge in [0, 0.05) is 61.3 Å². The molecule has 1 aliphatic heterocycles. The molecule has 9 rings (SSSR count). The number of hydrogen-bond donors (Lipinski definition) is 0. The fourth-order valence-electron chi connectivity index (χ4n) is 9.83. The summed E-state index contributed by atoms with van der Waals surface area (Å²) < 4.78 is 9.21. The standard InChI is InChI=1S/C66H75N4O.Pt/c1-61(2,3)43-32-44(62(4,5)6)34-47(33-43)68-41-69(57-26-22-21-25-56(57)68)48-35-45(63(7,8)9)36-50(39-48)71-49-27-28-52-51-23-19-20-24-55(51)70(58(52)40-49)59-31-42(29-30-67-59)60-53(65(13,14)15)37-46(64(10,11)12)38-54(60)66(16,17)18;/h19-38,41H,1-18H3;/q-3;. The van der Waals surface area contributed by atoms with Crippen LogP contribution in [0, 0.1) is 18.8 Å². The number of fused-ring (bicyclic) bond motifs is 4. The third kappa shape index (κ3) is 10.2. The molecule has 8 aromatic rings. The number of anilines is 4. The fraction of sp³-hybridized carbons (Fsp3) is 0.364. The Morgan fingerprint density at radius 3 is 1.57 bits per heavy atom. The average Bonchev–Trinajstić information content (AvgIpc) is 3.83. The van der Waals surface area contributed by atoms with Crippen molar-refractivity contribution in [2.45, 2.75) is 157 Å². The number of hydrogen-bond acceptors (Lipinski definition) is 4. The number of nitrogens with zero attached hydrogens (tertiary/aromatic N) is 4. The first-order chi connectivity index (χ1) is 33.0. The maximum absolute atomic E-state index is 6.95. The molecule has 1 aliphatic rings. The van der Waals surface area contributed by atoms with Crippen LogP contribution < -0.4 is 14.5 Å². The van der Waals surface area contributed by atoms with E-state index in [-0.39, 0.29) is 53.6 Å². The molecule has 0 saturated heterocycles. The second kappa shape index (κ2) is 18.4. The van der Waals surface area contributed by atoms with Crippen molar-refractivity contribution in [2.24, 2.45) is 0 Å². The number of para-hydroxylation sites is 3. The number of aromatic nitrogens is 2. The topological polar surface area (TPSA) is 33.5 Å². The van der Waals surface area contributed by atoms with Crippen molar-refractivity contribution in [1.82, 2.24) is 9.55 Å². The van der Waals surface area contributed by atoms with Gasteiger partial charge in [0.2, 0.25) is 0 Å². The molecular weight excluding hydrogens is 1060 g/mol. The SMILES string of the molecule is CC(C)(C)c1cc(Oc2[c-]c3c(cc2)c2ccccc2n3-c2cc(-c3c(C(C)(C)C)cc(C(C)(C)C)cc3C(C)(C)C)ccn2)[c-]c(N2[CH-]N(c3cc(C(C)(C)C)cc(C(C)(C)C)c3)c3ccccc32)c1.[Pt]. The predicted octanol–water partition coefficient (Wildman–Crippen LogP) is 18.4. The third-order valence-electron chi connectivity index (χ3n) is 14.2. The average molecular weight is 1140 g/mol. The van der Waals surface area contributed by atoms with E-state index in [0.29, 0.717) is 11.5 Å². The molecule has 0 amide bonds. The number of rotatable bonds is 6. The zero-order valence-corrected chi connectivity index (χ0v) is 48.4. The van der Waals surface area contributed by atoms with Crippen LogP contribution in [0.25, 0.3) is 38.8 Å². The van der Waals surface area contributed by atoms with E-state index < -0.39 is 0 Å². The summed E-state index contributed by atoms with van der Waals surface area (Å²) in [5, 5.41) is 2.22. The monoisotopic (exact) mass is 1130 g/mol. The van der Waals surface area contributed by atoms with Gasteiger partial charge in [0.15, 0.2) is 0 Å². The summed E-state index contributed by atoms with van der Waals surface area (Å²) in [5.41, 5.74) is 16.1. The summed E-state index contributed by atoms with van der Waals surface area (Å²) in [6.45, 7) is 43.7. The molecule has 0 atom stereocenters. The van der Waals surface area contributed by atoms with Crippen molar-refractivity contribution in [3.05, 3.63) is 174 Å². The fourth-order valence-corrected chi connectivity index (χ4v) is 9.83. The minimum absolute atomic E-state index is 0. The van der Waals surface area contributed by atoms with Crippen LogP contribution in [-0.4, -0.2) is 9.55 Å². The largest absolute Gasteiger partial charge is 0.509 e. The molecule has 6 aromatic carbocycles. The van der Waals surface area contributed by atoms with Gasteiger partial charge in [-0.1, -0.05) is 179 Å². The Morgan fingerprint density at radius 2 is 1.00 bits per heavy atom. The van der Waals surface area contributed by atoms with Crippen molar-refractivity contribution in [2.75, 3.05) is 9.80 Å². The van der Waals surface area contributed by atoms with E-state index in [1.54, 1.807) is 0 Å². The smallest absolute Gasteiger partial charge is 0.136 e. The molecule has 0 aliphatic carbocycles. The van der Waals surface area contributed by atoms with Crippen LogP contribution in [0.15, 0.2) is 121 Å². The zero-order valence-electron chi connectivity index (χ0n) is 46.1. The van der Waals surface area contributed by atoms with Gasteiger partial charge in [-0.3, -0.25) is 0 Å². The van der Waals surface area contributed by atoms with Gasteiger partial charge >= 0.3 is 0 Å². The van der Waals surface area contributed by atoms with Crippen LogP contribution >= 0.6 is 0 Å². The molecule has 0 N–H and O–H groups in total. The van der Waals surface area contributed by atoms with Crippen molar-refractivity contribution >= 4 is 44.6 Å². The van der Waals surface area contributed by atoms with Gasteiger partial charge in [-0.15, -0.1) is 53.6 Å². The first kappa shape index (κ1) is 52.7. The quantitative estimate of drug-likeness (QED) is 0.155. The molecule has 0 bridgehead atoms. The Labute approximate surface area is 446 Å². The second-order valence-corrected chi connectivity index (χ2v) is 26.1. The first-order valence-corrected chi connectivity index (χ1v) is 25.5. The summed E-state index contributed by atoms with van der Waals surface area (Å²) in [5.74, 6) is 2.07. The summed E-state index contributed by atoms with van der Waals surface area (Å²) in [7, 11) is 0. The van der Waals surface area contributed by atoms with Gasteiger partial charge in [0.1, 0.15) is 5.82 Å². The molecule has 378 valence electrons. The summed E-state index contributed by atoms with van der Waals surface area (Å²) in [6, 6.07) is 49.8. The van der Waals surface area contributed by atoms with E-state index in [1.807, 2.05) is 12.3 Å². The molecule has 0 fully saturated rings. The summed E-state index contributed by atoms with van der Waals surface area (Å²) in [4.78, 5) is 9.71. The Morgan fingerprint density at radius 1 is 0.472 bits per heavy atom. The molecule has 5 nitrogen and oxygen atoms in total. The van der Waals surface area contributed by atoms with Crippen molar-refractivity contribution in [3.8, 4) is 28.4 Å². The minimum atomic E-state index is -0.174. The van der Waals surface area contributed by atoms with E-state index in [4.69, 9.17) is 9.72 Å². The van der Waals surface area contributed by atoms with Gasteiger partial charge in [-0.2, -0.15) is 6.07 Å². The van der Waals surface area contributed by atoms with Crippen molar-refractivity contribution in [3.63, 3.8) is 0 Å². The molecule has 0 spiro atoms. The number of pyridine rings is 1. The van der Waals surface area contributed by atoms with E-state index in [1.165, 1.54) is 33.4 Å². The molecule has 72 heavy (non-hydrogen) atoms. The Kier molecular flexibility index (Phi) is 13.4.